The van der Waals surface area contributed by atoms with Gasteiger partial charge in [0.1, 0.15) is 11.6 Å². The Morgan fingerprint density at radius 2 is 1.76 bits per heavy atom. The zero-order chi connectivity index (χ0) is 24.2. The molecular weight excluding hydrogens is 429 g/mol. The minimum absolute atomic E-state index is 0.0136. The van der Waals surface area contributed by atoms with Crippen molar-refractivity contribution in [1.29, 1.82) is 0 Å². The first kappa shape index (κ1) is 23.4. The van der Waals surface area contributed by atoms with Crippen molar-refractivity contribution in [3.8, 4) is 5.69 Å². The molecule has 0 aliphatic heterocycles. The van der Waals surface area contributed by atoms with Gasteiger partial charge < -0.3 is 4.90 Å². The molecule has 4 aromatic rings. The first-order valence-corrected chi connectivity index (χ1v) is 11.6. The van der Waals surface area contributed by atoms with Gasteiger partial charge in [0.25, 0.3) is 11.5 Å². The number of fused-ring (bicyclic) bond motifs is 1. The summed E-state index contributed by atoms with van der Waals surface area (Å²) in [5, 5.41) is 0.505. The van der Waals surface area contributed by atoms with Gasteiger partial charge in [0.15, 0.2) is 0 Å². The van der Waals surface area contributed by atoms with Crippen LogP contribution in [0.4, 0.5) is 4.39 Å². The number of halogens is 1. The van der Waals surface area contributed by atoms with E-state index in [1.807, 2.05) is 57.2 Å². The van der Waals surface area contributed by atoms with Gasteiger partial charge in [-0.05, 0) is 61.7 Å². The Morgan fingerprint density at radius 1 is 1.03 bits per heavy atom. The molecule has 174 valence electrons. The van der Waals surface area contributed by atoms with Crippen molar-refractivity contribution in [3.63, 3.8) is 0 Å². The van der Waals surface area contributed by atoms with E-state index >= 15 is 0 Å². The van der Waals surface area contributed by atoms with Crippen molar-refractivity contribution < 1.29 is 9.18 Å². The summed E-state index contributed by atoms with van der Waals surface area (Å²) < 4.78 is 16.2. The zero-order valence-corrected chi connectivity index (χ0v) is 19.7. The van der Waals surface area contributed by atoms with Crippen LogP contribution in [0.1, 0.15) is 54.5 Å². The lowest BCUT2D eigenvalue weighted by Gasteiger charge is -2.32. The van der Waals surface area contributed by atoms with Crippen LogP contribution in [0.5, 0.6) is 0 Å². The molecule has 0 fully saturated rings. The van der Waals surface area contributed by atoms with Crippen LogP contribution >= 0.6 is 0 Å². The number of carbonyl (C=O) groups is 1. The highest BCUT2D eigenvalue weighted by Crippen LogP contribution is 2.28. The first-order valence-electron chi connectivity index (χ1n) is 11.6. The molecule has 1 heterocycles. The number of aromatic nitrogens is 2. The van der Waals surface area contributed by atoms with Gasteiger partial charge in [-0.1, -0.05) is 50.2 Å². The molecule has 1 amide bonds. The van der Waals surface area contributed by atoms with Crippen molar-refractivity contribution in [2.45, 2.75) is 39.7 Å². The average molecular weight is 458 g/mol. The molecule has 1 atom stereocenters. The lowest BCUT2D eigenvalue weighted by atomic mass is 10.1. The molecule has 0 radical (unpaired) electrons. The van der Waals surface area contributed by atoms with Crippen LogP contribution in [0.25, 0.3) is 16.6 Å². The topological polar surface area (TPSA) is 55.2 Å². The highest BCUT2D eigenvalue weighted by atomic mass is 19.1. The molecule has 0 aliphatic rings. The molecule has 1 aromatic heterocycles. The van der Waals surface area contributed by atoms with Gasteiger partial charge in [-0.25, -0.2) is 9.37 Å². The van der Waals surface area contributed by atoms with Gasteiger partial charge in [-0.15, -0.1) is 0 Å². The summed E-state index contributed by atoms with van der Waals surface area (Å²) in [5.74, 6) is -0.508. The van der Waals surface area contributed by atoms with E-state index in [9.17, 15) is 14.0 Å². The van der Waals surface area contributed by atoms with Gasteiger partial charge in [-0.2, -0.15) is 0 Å². The Kier molecular flexibility index (Phi) is 6.87. The van der Waals surface area contributed by atoms with Crippen LogP contribution in [-0.4, -0.2) is 26.9 Å². The van der Waals surface area contributed by atoms with E-state index in [4.69, 9.17) is 4.98 Å². The molecule has 0 saturated heterocycles. The number of rotatable bonds is 7. The summed E-state index contributed by atoms with van der Waals surface area (Å²) in [7, 11) is 0. The number of carbonyl (C=O) groups excluding carboxylic acids is 1. The minimum atomic E-state index is -0.564. The van der Waals surface area contributed by atoms with Crippen LogP contribution in [0, 0.1) is 12.7 Å². The van der Waals surface area contributed by atoms with E-state index in [0.29, 0.717) is 41.8 Å². The van der Waals surface area contributed by atoms with Gasteiger partial charge in [-0.3, -0.25) is 14.2 Å². The molecule has 1 unspecified atom stereocenters. The summed E-state index contributed by atoms with van der Waals surface area (Å²) in [6.07, 6.45) is 1.19. The molecule has 6 heteroatoms. The number of para-hydroxylation sites is 1. The van der Waals surface area contributed by atoms with Crippen molar-refractivity contribution >= 4 is 16.8 Å². The van der Waals surface area contributed by atoms with Gasteiger partial charge in [0.05, 0.1) is 28.2 Å². The van der Waals surface area contributed by atoms with E-state index in [1.54, 1.807) is 33.7 Å². The van der Waals surface area contributed by atoms with Crippen LogP contribution in [0.15, 0.2) is 77.6 Å². The lowest BCUT2D eigenvalue weighted by molar-refractivity contribution is 0.0654. The van der Waals surface area contributed by atoms with Crippen molar-refractivity contribution in [1.82, 2.24) is 14.5 Å². The third-order valence-electron chi connectivity index (χ3n) is 5.95. The molecule has 34 heavy (non-hydrogen) atoms. The molecule has 4 rings (SSSR count). The summed E-state index contributed by atoms with van der Waals surface area (Å²) >= 11 is 0. The number of hydrogen-bond donors (Lipinski definition) is 0. The summed E-state index contributed by atoms with van der Waals surface area (Å²) in [6.45, 7) is 6.28. The maximum Gasteiger partial charge on any atom is 0.266 e. The molecule has 5 nitrogen and oxygen atoms in total. The largest absolute Gasteiger partial charge is 0.328 e. The fraction of sp³-hybridized carbons (Fsp3) is 0.250. The van der Waals surface area contributed by atoms with Gasteiger partial charge in [0.2, 0.25) is 0 Å². The highest BCUT2D eigenvalue weighted by molar-refractivity contribution is 5.94. The standard InChI is InChI=1S/C28H28FN3O2/c1-4-17-31(27(33)21-13-6-8-15-23(21)29)25(5-2)26-30-24-16-9-7-14-22(24)28(34)32(26)20-12-10-11-19(3)18-20/h6-16,18,25H,4-5,17H2,1-3H3. The highest BCUT2D eigenvalue weighted by Gasteiger charge is 2.30. The Balaban J connectivity index is 1.97. The molecule has 0 spiro atoms. The maximum atomic E-state index is 14.6. The monoisotopic (exact) mass is 457 g/mol. The normalized spacial score (nSPS) is 12.0. The van der Waals surface area contributed by atoms with E-state index in [0.717, 1.165) is 5.56 Å². The number of nitrogens with zero attached hydrogens (tertiary/aromatic N) is 3. The Morgan fingerprint density at radius 3 is 2.47 bits per heavy atom. The van der Waals surface area contributed by atoms with E-state index < -0.39 is 17.8 Å². The average Bonchev–Trinajstić information content (AvgIpc) is 2.84. The number of benzene rings is 3. The number of aryl methyl sites for hydroxylation is 1. The second kappa shape index (κ2) is 10.00. The second-order valence-corrected chi connectivity index (χ2v) is 8.37. The van der Waals surface area contributed by atoms with E-state index in [2.05, 4.69) is 0 Å². The maximum absolute atomic E-state index is 14.6. The van der Waals surface area contributed by atoms with Crippen LogP contribution in [0.3, 0.4) is 0 Å². The molecule has 0 aliphatic carbocycles. The van der Waals surface area contributed by atoms with Crippen molar-refractivity contribution in [2.75, 3.05) is 6.54 Å². The van der Waals surface area contributed by atoms with Crippen LogP contribution in [0.2, 0.25) is 0 Å². The lowest BCUT2D eigenvalue weighted by Crippen LogP contribution is -2.39. The molecular formula is C28H28FN3O2. The molecule has 0 N–H and O–H groups in total. The summed E-state index contributed by atoms with van der Waals surface area (Å²) in [5.41, 5.74) is 2.08. The third-order valence-corrected chi connectivity index (χ3v) is 5.95. The smallest absolute Gasteiger partial charge is 0.266 e. The van der Waals surface area contributed by atoms with Crippen molar-refractivity contribution in [2.24, 2.45) is 0 Å². The zero-order valence-electron chi connectivity index (χ0n) is 19.7. The van der Waals surface area contributed by atoms with Gasteiger partial charge in [0, 0.05) is 6.54 Å². The summed E-state index contributed by atoms with van der Waals surface area (Å²) in [6, 6.07) is 20.3. The molecule has 0 saturated carbocycles. The second-order valence-electron chi connectivity index (χ2n) is 8.37. The van der Waals surface area contributed by atoms with Crippen LogP contribution < -0.4 is 5.56 Å². The molecule has 0 bridgehead atoms. The predicted octanol–water partition coefficient (Wildman–Crippen LogP) is 5.84. The fourth-order valence-corrected chi connectivity index (χ4v) is 4.36. The van der Waals surface area contributed by atoms with Gasteiger partial charge >= 0.3 is 0 Å². The fourth-order valence-electron chi connectivity index (χ4n) is 4.36. The Bertz CT molecular complexity index is 1400. The van der Waals surface area contributed by atoms with E-state index in [-0.39, 0.29) is 11.1 Å². The minimum Gasteiger partial charge on any atom is -0.328 e. The number of hydrogen-bond acceptors (Lipinski definition) is 3. The number of amides is 1. The van der Waals surface area contributed by atoms with Crippen molar-refractivity contribution in [3.05, 3.63) is 106 Å². The quantitative estimate of drug-likeness (QED) is 0.350. The first-order chi connectivity index (χ1) is 16.5. The predicted molar refractivity (Wildman–Crippen MR) is 133 cm³/mol. The summed E-state index contributed by atoms with van der Waals surface area (Å²) in [4.78, 5) is 33.8. The van der Waals surface area contributed by atoms with E-state index in [1.165, 1.54) is 12.1 Å². The Labute approximate surface area is 198 Å². The van der Waals surface area contributed by atoms with Crippen LogP contribution in [-0.2, 0) is 0 Å². The molecule has 3 aromatic carbocycles. The Hall–Kier alpha value is -3.80. The SMILES string of the molecule is CCCN(C(=O)c1ccccc1F)C(CC)c1nc2ccccc2c(=O)n1-c1cccc(C)c1. The third kappa shape index (κ3) is 4.36.